The minimum Gasteiger partial charge on any atom is -0.378 e. The van der Waals surface area contributed by atoms with Crippen LogP contribution in [0.15, 0.2) is 0 Å². The first-order chi connectivity index (χ1) is 10.8. The second-order valence-corrected chi connectivity index (χ2v) is 8.60. The summed E-state index contributed by atoms with van der Waals surface area (Å²) in [5.41, 5.74) is -0.0478. The Labute approximate surface area is 144 Å². The summed E-state index contributed by atoms with van der Waals surface area (Å²) in [7, 11) is 0. The summed E-state index contributed by atoms with van der Waals surface area (Å²) in [5.74, 6) is 1.58. The molecule has 1 unspecified atom stereocenters. The van der Waals surface area contributed by atoms with E-state index in [1.165, 1.54) is 0 Å². The number of amides is 2. The van der Waals surface area contributed by atoms with E-state index >= 15 is 0 Å². The van der Waals surface area contributed by atoms with E-state index in [0.717, 1.165) is 38.3 Å². The molecular formula is C17H30N2O3S. The molecule has 0 bridgehead atoms. The highest BCUT2D eigenvalue weighted by molar-refractivity contribution is 7.99. The predicted octanol–water partition coefficient (Wildman–Crippen LogP) is 2.35. The molecule has 0 saturated carbocycles. The van der Waals surface area contributed by atoms with Crippen LogP contribution < -0.4 is 0 Å². The second kappa shape index (κ2) is 7.88. The summed E-state index contributed by atoms with van der Waals surface area (Å²) in [4.78, 5) is 29.0. The fourth-order valence-electron chi connectivity index (χ4n) is 3.14. The lowest BCUT2D eigenvalue weighted by atomic mass is 9.91. The number of piperidine rings is 1. The Morgan fingerprint density at radius 3 is 2.43 bits per heavy atom. The van der Waals surface area contributed by atoms with Gasteiger partial charge in [0.05, 0.1) is 12.0 Å². The Hall–Kier alpha value is -0.750. The van der Waals surface area contributed by atoms with E-state index in [1.54, 1.807) is 16.7 Å². The smallest absolute Gasteiger partial charge is 0.246 e. The number of hydrogen-bond acceptors (Lipinski definition) is 4. The van der Waals surface area contributed by atoms with Gasteiger partial charge < -0.3 is 14.5 Å². The molecule has 2 saturated heterocycles. The van der Waals surface area contributed by atoms with Crippen LogP contribution in [0.25, 0.3) is 0 Å². The van der Waals surface area contributed by atoms with Gasteiger partial charge in [-0.15, -0.1) is 11.8 Å². The van der Waals surface area contributed by atoms with Gasteiger partial charge in [-0.25, -0.2) is 0 Å². The first-order valence-corrected chi connectivity index (χ1v) is 9.75. The molecule has 2 heterocycles. The maximum atomic E-state index is 12.8. The van der Waals surface area contributed by atoms with Crippen LogP contribution in [0, 0.1) is 5.41 Å². The van der Waals surface area contributed by atoms with Crippen LogP contribution >= 0.6 is 11.8 Å². The van der Waals surface area contributed by atoms with Crippen LogP contribution in [0.1, 0.15) is 47.0 Å². The highest BCUT2D eigenvalue weighted by atomic mass is 32.2. The van der Waals surface area contributed by atoms with E-state index in [1.807, 2.05) is 11.8 Å². The molecule has 1 atom stereocenters. The number of rotatable bonds is 4. The van der Waals surface area contributed by atoms with E-state index in [4.69, 9.17) is 4.74 Å². The Kier molecular flexibility index (Phi) is 6.37. The minimum atomic E-state index is -0.279. The number of hydrogen-bond donors (Lipinski definition) is 0. The largest absolute Gasteiger partial charge is 0.378 e. The number of ether oxygens (including phenoxy) is 1. The van der Waals surface area contributed by atoms with Crippen LogP contribution in [0.5, 0.6) is 0 Å². The van der Waals surface area contributed by atoms with Crippen LogP contribution in [0.4, 0.5) is 0 Å². The Morgan fingerprint density at radius 2 is 1.87 bits per heavy atom. The van der Waals surface area contributed by atoms with Crippen molar-refractivity contribution in [2.75, 3.05) is 31.3 Å². The fourth-order valence-corrected chi connectivity index (χ4v) is 4.31. The molecule has 2 aliphatic heterocycles. The van der Waals surface area contributed by atoms with E-state index in [0.29, 0.717) is 12.3 Å². The maximum Gasteiger partial charge on any atom is 0.246 e. The summed E-state index contributed by atoms with van der Waals surface area (Å²) >= 11 is 1.68. The molecule has 2 amide bonds. The number of nitrogens with zero attached hydrogens (tertiary/aromatic N) is 2. The molecule has 2 fully saturated rings. The third kappa shape index (κ3) is 5.11. The summed E-state index contributed by atoms with van der Waals surface area (Å²) in [6.45, 7) is 10.4. The Bertz CT molecular complexity index is 428. The van der Waals surface area contributed by atoms with Crippen molar-refractivity contribution >= 4 is 23.6 Å². The lowest BCUT2D eigenvalue weighted by Gasteiger charge is -2.35. The van der Waals surface area contributed by atoms with Gasteiger partial charge in [0.25, 0.3) is 0 Å². The quantitative estimate of drug-likeness (QED) is 0.787. The van der Waals surface area contributed by atoms with E-state index in [2.05, 4.69) is 20.8 Å². The van der Waals surface area contributed by atoms with Gasteiger partial charge in [0.2, 0.25) is 11.8 Å². The lowest BCUT2D eigenvalue weighted by molar-refractivity contribution is -0.145. The SMILES string of the molecule is CCOC1CCN(C(=O)C2CSCN2C(=O)CC(C)(C)C)CC1. The van der Waals surface area contributed by atoms with Gasteiger partial charge in [0.15, 0.2) is 0 Å². The molecule has 23 heavy (non-hydrogen) atoms. The molecule has 2 rings (SSSR count). The minimum absolute atomic E-state index is 0.0478. The number of thioether (sulfide) groups is 1. The van der Waals surface area contributed by atoms with Crippen LogP contribution in [-0.2, 0) is 14.3 Å². The molecule has 0 aromatic rings. The molecule has 0 aliphatic carbocycles. The number of likely N-dealkylation sites (tertiary alicyclic amines) is 1. The highest BCUT2D eigenvalue weighted by Gasteiger charge is 2.38. The molecule has 0 aromatic carbocycles. The number of carbonyl (C=O) groups is 2. The summed E-state index contributed by atoms with van der Waals surface area (Å²) in [6.07, 6.45) is 2.56. The van der Waals surface area contributed by atoms with Crippen molar-refractivity contribution in [3.63, 3.8) is 0 Å². The average Bonchev–Trinajstić information content (AvgIpc) is 2.95. The standard InChI is InChI=1S/C17H30N2O3S/c1-5-22-13-6-8-18(9-7-13)16(21)14-11-23-12-19(14)15(20)10-17(2,3)4/h13-14H,5-12H2,1-4H3. The first kappa shape index (κ1) is 18.6. The van der Waals surface area contributed by atoms with Crippen molar-refractivity contribution in [2.45, 2.75) is 59.1 Å². The van der Waals surface area contributed by atoms with Crippen molar-refractivity contribution < 1.29 is 14.3 Å². The van der Waals surface area contributed by atoms with Crippen molar-refractivity contribution in [1.29, 1.82) is 0 Å². The van der Waals surface area contributed by atoms with Gasteiger partial charge in [-0.3, -0.25) is 9.59 Å². The molecule has 2 aliphatic rings. The zero-order chi connectivity index (χ0) is 17.0. The summed E-state index contributed by atoms with van der Waals surface area (Å²) < 4.78 is 5.64. The normalized spacial score (nSPS) is 23.4. The molecule has 0 aromatic heterocycles. The third-order valence-electron chi connectivity index (χ3n) is 4.33. The van der Waals surface area contributed by atoms with Crippen molar-refractivity contribution in [2.24, 2.45) is 5.41 Å². The Balaban J connectivity index is 1.92. The highest BCUT2D eigenvalue weighted by Crippen LogP contribution is 2.28. The molecule has 0 radical (unpaired) electrons. The molecule has 0 N–H and O–H groups in total. The fraction of sp³-hybridized carbons (Fsp3) is 0.882. The van der Waals surface area contributed by atoms with Gasteiger partial charge in [-0.2, -0.15) is 0 Å². The summed E-state index contributed by atoms with van der Waals surface area (Å²) in [5, 5.41) is 0. The average molecular weight is 343 g/mol. The monoisotopic (exact) mass is 342 g/mol. The van der Waals surface area contributed by atoms with Crippen LogP contribution in [0.3, 0.4) is 0 Å². The maximum absolute atomic E-state index is 12.8. The molecule has 6 heteroatoms. The van der Waals surface area contributed by atoms with Gasteiger partial charge in [0.1, 0.15) is 6.04 Å². The van der Waals surface area contributed by atoms with Gasteiger partial charge >= 0.3 is 0 Å². The van der Waals surface area contributed by atoms with E-state index in [9.17, 15) is 9.59 Å². The van der Waals surface area contributed by atoms with Gasteiger partial charge in [-0.05, 0) is 25.2 Å². The zero-order valence-electron chi connectivity index (χ0n) is 14.8. The zero-order valence-corrected chi connectivity index (χ0v) is 15.7. The van der Waals surface area contributed by atoms with Gasteiger partial charge in [0, 0.05) is 31.9 Å². The molecular weight excluding hydrogens is 312 g/mol. The van der Waals surface area contributed by atoms with Crippen molar-refractivity contribution in [1.82, 2.24) is 9.80 Å². The molecule has 0 spiro atoms. The van der Waals surface area contributed by atoms with E-state index < -0.39 is 0 Å². The topological polar surface area (TPSA) is 49.9 Å². The van der Waals surface area contributed by atoms with Gasteiger partial charge in [-0.1, -0.05) is 20.8 Å². The molecule has 132 valence electrons. The third-order valence-corrected chi connectivity index (χ3v) is 5.34. The van der Waals surface area contributed by atoms with E-state index in [-0.39, 0.29) is 29.4 Å². The second-order valence-electron chi connectivity index (χ2n) is 7.60. The Morgan fingerprint density at radius 1 is 1.22 bits per heavy atom. The van der Waals surface area contributed by atoms with Crippen molar-refractivity contribution in [3.8, 4) is 0 Å². The van der Waals surface area contributed by atoms with Crippen LogP contribution in [0.2, 0.25) is 0 Å². The molecule has 5 nitrogen and oxygen atoms in total. The van der Waals surface area contributed by atoms with Crippen LogP contribution in [-0.4, -0.2) is 65.1 Å². The summed E-state index contributed by atoms with van der Waals surface area (Å²) in [6, 6.07) is -0.279. The first-order valence-electron chi connectivity index (χ1n) is 8.59. The number of carbonyl (C=O) groups excluding carboxylic acids is 2. The van der Waals surface area contributed by atoms with Crippen molar-refractivity contribution in [3.05, 3.63) is 0 Å². The lowest BCUT2D eigenvalue weighted by Crippen LogP contribution is -2.52. The predicted molar refractivity (Wildman–Crippen MR) is 93.3 cm³/mol.